The number of rotatable bonds is 2. The fraction of sp³-hybridized carbons (Fsp3) is 0.0769. The molecule has 2 aromatic rings. The molecule has 92 valence electrons. The fourth-order valence-electron chi connectivity index (χ4n) is 1.40. The molecule has 0 aliphatic heterocycles. The van der Waals surface area contributed by atoms with Crippen molar-refractivity contribution in [2.45, 2.75) is 6.92 Å². The van der Waals surface area contributed by atoms with Crippen LogP contribution >= 0.6 is 11.6 Å². The molecule has 0 unspecified atom stereocenters. The van der Waals surface area contributed by atoms with Gasteiger partial charge in [0.05, 0.1) is 11.9 Å². The van der Waals surface area contributed by atoms with Gasteiger partial charge in [0, 0.05) is 16.9 Å². The van der Waals surface area contributed by atoms with Crippen LogP contribution in [0.4, 0.5) is 16.2 Å². The fourth-order valence-corrected chi connectivity index (χ4v) is 1.58. The quantitative estimate of drug-likeness (QED) is 0.866. The van der Waals surface area contributed by atoms with Gasteiger partial charge < -0.3 is 10.6 Å². The molecule has 2 N–H and O–H groups in total. The summed E-state index contributed by atoms with van der Waals surface area (Å²) in [6, 6.07) is 8.53. The zero-order valence-corrected chi connectivity index (χ0v) is 10.5. The second-order valence-corrected chi connectivity index (χ2v) is 4.19. The van der Waals surface area contributed by atoms with Gasteiger partial charge in [-0.05, 0) is 36.8 Å². The van der Waals surface area contributed by atoms with Gasteiger partial charge in [0.1, 0.15) is 0 Å². The summed E-state index contributed by atoms with van der Waals surface area (Å²) in [7, 11) is 0. The molecule has 0 atom stereocenters. The van der Waals surface area contributed by atoms with Crippen molar-refractivity contribution in [3.05, 3.63) is 53.3 Å². The first-order valence-electron chi connectivity index (χ1n) is 5.39. The van der Waals surface area contributed by atoms with Crippen molar-refractivity contribution < 1.29 is 4.79 Å². The Labute approximate surface area is 110 Å². The minimum Gasteiger partial charge on any atom is -0.308 e. The molecule has 0 aliphatic rings. The summed E-state index contributed by atoms with van der Waals surface area (Å²) in [5.74, 6) is 0. The summed E-state index contributed by atoms with van der Waals surface area (Å²) < 4.78 is 0. The van der Waals surface area contributed by atoms with Crippen LogP contribution in [0.5, 0.6) is 0 Å². The Hall–Kier alpha value is -2.07. The lowest BCUT2D eigenvalue weighted by Gasteiger charge is -2.08. The standard InChI is InChI=1S/C13H12ClN3O/c1-9-4-5-10(7-12(9)14)16-13(18)17-11-3-2-6-15-8-11/h2-8H,1H3,(H2,16,17,18). The monoisotopic (exact) mass is 261 g/mol. The van der Waals surface area contributed by atoms with Crippen molar-refractivity contribution in [2.75, 3.05) is 10.6 Å². The molecule has 0 spiro atoms. The zero-order chi connectivity index (χ0) is 13.0. The lowest BCUT2D eigenvalue weighted by atomic mass is 10.2. The van der Waals surface area contributed by atoms with Crippen LogP contribution < -0.4 is 10.6 Å². The summed E-state index contributed by atoms with van der Waals surface area (Å²) in [6.45, 7) is 1.90. The second kappa shape index (κ2) is 5.51. The molecule has 4 nitrogen and oxygen atoms in total. The van der Waals surface area contributed by atoms with E-state index in [0.29, 0.717) is 16.4 Å². The third kappa shape index (κ3) is 3.21. The molecule has 2 amide bonds. The molecular weight excluding hydrogens is 250 g/mol. The van der Waals surface area contributed by atoms with Crippen molar-refractivity contribution in [3.63, 3.8) is 0 Å². The number of carbonyl (C=O) groups excluding carboxylic acids is 1. The van der Waals surface area contributed by atoms with Crippen LogP contribution in [0.3, 0.4) is 0 Å². The first-order valence-corrected chi connectivity index (χ1v) is 5.77. The molecule has 0 fully saturated rings. The third-order valence-electron chi connectivity index (χ3n) is 2.35. The Morgan fingerprint density at radius 2 is 2.00 bits per heavy atom. The Bertz CT molecular complexity index is 557. The third-order valence-corrected chi connectivity index (χ3v) is 2.76. The van der Waals surface area contributed by atoms with E-state index in [4.69, 9.17) is 11.6 Å². The van der Waals surface area contributed by atoms with E-state index in [9.17, 15) is 4.79 Å². The number of carbonyl (C=O) groups is 1. The molecule has 1 aromatic heterocycles. The van der Waals surface area contributed by atoms with E-state index in [-0.39, 0.29) is 6.03 Å². The predicted octanol–water partition coefficient (Wildman–Crippen LogP) is 3.69. The molecule has 2 rings (SSSR count). The van der Waals surface area contributed by atoms with E-state index in [1.807, 2.05) is 13.0 Å². The average molecular weight is 262 g/mol. The minimum atomic E-state index is -0.331. The Morgan fingerprint density at radius 1 is 1.22 bits per heavy atom. The SMILES string of the molecule is Cc1ccc(NC(=O)Nc2cccnc2)cc1Cl. The number of hydrogen-bond acceptors (Lipinski definition) is 2. The van der Waals surface area contributed by atoms with Crippen LogP contribution in [0.2, 0.25) is 5.02 Å². The van der Waals surface area contributed by atoms with Crippen LogP contribution in [-0.2, 0) is 0 Å². The average Bonchev–Trinajstić information content (AvgIpc) is 2.35. The van der Waals surface area contributed by atoms with Crippen molar-refractivity contribution in [1.82, 2.24) is 4.98 Å². The molecule has 18 heavy (non-hydrogen) atoms. The molecule has 0 saturated heterocycles. The minimum absolute atomic E-state index is 0.331. The van der Waals surface area contributed by atoms with Gasteiger partial charge in [-0.25, -0.2) is 4.79 Å². The smallest absolute Gasteiger partial charge is 0.308 e. The number of pyridine rings is 1. The van der Waals surface area contributed by atoms with E-state index >= 15 is 0 Å². The predicted molar refractivity (Wildman–Crippen MR) is 73.1 cm³/mol. The van der Waals surface area contributed by atoms with Gasteiger partial charge >= 0.3 is 6.03 Å². The van der Waals surface area contributed by atoms with Gasteiger partial charge in [0.15, 0.2) is 0 Å². The normalized spacial score (nSPS) is 9.89. The number of aromatic nitrogens is 1. The van der Waals surface area contributed by atoms with Gasteiger partial charge in [-0.2, -0.15) is 0 Å². The first-order chi connectivity index (χ1) is 8.65. The van der Waals surface area contributed by atoms with Crippen molar-refractivity contribution in [3.8, 4) is 0 Å². The topological polar surface area (TPSA) is 54.0 Å². The number of urea groups is 1. The number of halogens is 1. The number of nitrogens with zero attached hydrogens (tertiary/aromatic N) is 1. The summed E-state index contributed by atoms with van der Waals surface area (Å²) in [5, 5.41) is 5.98. The maximum absolute atomic E-state index is 11.7. The summed E-state index contributed by atoms with van der Waals surface area (Å²) >= 11 is 5.98. The van der Waals surface area contributed by atoms with Gasteiger partial charge in [0.25, 0.3) is 0 Å². The number of benzene rings is 1. The molecule has 0 bridgehead atoms. The van der Waals surface area contributed by atoms with E-state index in [1.54, 1.807) is 36.7 Å². The zero-order valence-electron chi connectivity index (χ0n) is 9.77. The molecule has 1 aromatic carbocycles. The van der Waals surface area contributed by atoms with Crippen molar-refractivity contribution in [1.29, 1.82) is 0 Å². The van der Waals surface area contributed by atoms with Crippen LogP contribution in [-0.4, -0.2) is 11.0 Å². The maximum Gasteiger partial charge on any atom is 0.323 e. The van der Waals surface area contributed by atoms with Gasteiger partial charge in [-0.1, -0.05) is 17.7 Å². The highest BCUT2D eigenvalue weighted by Crippen LogP contribution is 2.20. The molecular formula is C13H12ClN3O. The van der Waals surface area contributed by atoms with Gasteiger partial charge in [0.2, 0.25) is 0 Å². The van der Waals surface area contributed by atoms with Crippen LogP contribution in [0, 0.1) is 6.92 Å². The molecule has 0 saturated carbocycles. The Morgan fingerprint density at radius 3 is 2.67 bits per heavy atom. The number of hydrogen-bond donors (Lipinski definition) is 2. The number of anilines is 2. The van der Waals surface area contributed by atoms with Gasteiger partial charge in [-0.3, -0.25) is 4.98 Å². The summed E-state index contributed by atoms with van der Waals surface area (Å²) in [6.07, 6.45) is 3.21. The van der Waals surface area contributed by atoms with Crippen LogP contribution in [0.25, 0.3) is 0 Å². The largest absolute Gasteiger partial charge is 0.323 e. The van der Waals surface area contributed by atoms with Gasteiger partial charge in [-0.15, -0.1) is 0 Å². The van der Waals surface area contributed by atoms with E-state index < -0.39 is 0 Å². The highest BCUT2D eigenvalue weighted by molar-refractivity contribution is 6.31. The van der Waals surface area contributed by atoms with Crippen LogP contribution in [0.15, 0.2) is 42.7 Å². The summed E-state index contributed by atoms with van der Waals surface area (Å²) in [4.78, 5) is 15.6. The lowest BCUT2D eigenvalue weighted by molar-refractivity contribution is 0.262. The Kier molecular flexibility index (Phi) is 3.79. The number of aryl methyl sites for hydroxylation is 1. The first kappa shape index (κ1) is 12.4. The Balaban J connectivity index is 2.01. The van der Waals surface area contributed by atoms with Crippen molar-refractivity contribution in [2.24, 2.45) is 0 Å². The molecule has 1 heterocycles. The van der Waals surface area contributed by atoms with E-state index in [1.165, 1.54) is 0 Å². The molecule has 0 radical (unpaired) electrons. The van der Waals surface area contributed by atoms with E-state index in [0.717, 1.165) is 5.56 Å². The van der Waals surface area contributed by atoms with E-state index in [2.05, 4.69) is 15.6 Å². The summed E-state index contributed by atoms with van der Waals surface area (Å²) in [5.41, 5.74) is 2.25. The maximum atomic E-state index is 11.7. The van der Waals surface area contributed by atoms with Crippen LogP contribution in [0.1, 0.15) is 5.56 Å². The lowest BCUT2D eigenvalue weighted by Crippen LogP contribution is -2.19. The second-order valence-electron chi connectivity index (χ2n) is 3.78. The van der Waals surface area contributed by atoms with Crippen molar-refractivity contribution >= 4 is 29.0 Å². The number of nitrogens with one attached hydrogen (secondary N) is 2. The molecule has 5 heteroatoms. The molecule has 0 aliphatic carbocycles. The highest BCUT2D eigenvalue weighted by Gasteiger charge is 2.03. The highest BCUT2D eigenvalue weighted by atomic mass is 35.5. The number of amides is 2.